The third kappa shape index (κ3) is 6.34. The van der Waals surface area contributed by atoms with E-state index in [1.165, 1.54) is 16.7 Å². The molecule has 1 amide bonds. The van der Waals surface area contributed by atoms with Gasteiger partial charge in [0.25, 0.3) is 0 Å². The van der Waals surface area contributed by atoms with Gasteiger partial charge in [0, 0.05) is 25.6 Å². The van der Waals surface area contributed by atoms with Gasteiger partial charge < -0.3 is 10.6 Å². The van der Waals surface area contributed by atoms with Crippen molar-refractivity contribution in [2.24, 2.45) is 0 Å². The number of amides is 1. The molecule has 26 heavy (non-hydrogen) atoms. The fourth-order valence-corrected chi connectivity index (χ4v) is 2.81. The molecule has 2 rings (SSSR count). The van der Waals surface area contributed by atoms with Crippen molar-refractivity contribution in [2.45, 2.75) is 25.8 Å². The number of carbonyl (C=O) groups excluding carboxylic acids is 1. The Labute approximate surface area is 156 Å². The molecular formula is C23H28N2O. The Balaban J connectivity index is 2.12. The Kier molecular flexibility index (Phi) is 8.37. The number of hydrogen-bond donors (Lipinski definition) is 2. The van der Waals surface area contributed by atoms with Crippen LogP contribution in [-0.4, -0.2) is 19.0 Å². The Morgan fingerprint density at radius 1 is 1.08 bits per heavy atom. The van der Waals surface area contributed by atoms with E-state index in [1.54, 1.807) is 0 Å². The van der Waals surface area contributed by atoms with Crippen LogP contribution in [0.25, 0.3) is 6.08 Å². The molecule has 0 aromatic heterocycles. The van der Waals surface area contributed by atoms with Gasteiger partial charge >= 0.3 is 0 Å². The zero-order valence-electron chi connectivity index (χ0n) is 15.4. The van der Waals surface area contributed by atoms with Crippen LogP contribution in [0.1, 0.15) is 36.1 Å². The Bertz CT molecular complexity index is 722. The van der Waals surface area contributed by atoms with Crippen molar-refractivity contribution in [1.82, 2.24) is 10.6 Å². The van der Waals surface area contributed by atoms with Crippen LogP contribution in [0.15, 0.2) is 73.3 Å². The maximum atomic E-state index is 11.3. The highest BCUT2D eigenvalue weighted by atomic mass is 16.1. The maximum Gasteiger partial charge on any atom is 0.219 e. The number of nitrogens with one attached hydrogen (secondary N) is 2. The van der Waals surface area contributed by atoms with Crippen LogP contribution in [0.2, 0.25) is 0 Å². The Morgan fingerprint density at radius 3 is 2.54 bits per heavy atom. The molecule has 2 N–H and O–H groups in total. The van der Waals surface area contributed by atoms with Crippen molar-refractivity contribution in [1.29, 1.82) is 0 Å². The average molecular weight is 348 g/mol. The molecule has 1 atom stereocenters. The molecule has 3 nitrogen and oxygen atoms in total. The van der Waals surface area contributed by atoms with Gasteiger partial charge in [0.2, 0.25) is 5.91 Å². The quantitative estimate of drug-likeness (QED) is 0.629. The van der Waals surface area contributed by atoms with Crippen molar-refractivity contribution < 1.29 is 4.79 Å². The van der Waals surface area contributed by atoms with Gasteiger partial charge in [0.05, 0.1) is 0 Å². The number of rotatable bonds is 10. The van der Waals surface area contributed by atoms with Crippen LogP contribution in [0.4, 0.5) is 0 Å². The molecule has 0 radical (unpaired) electrons. The lowest BCUT2D eigenvalue weighted by atomic mass is 9.95. The highest BCUT2D eigenvalue weighted by molar-refractivity contribution is 5.75. The topological polar surface area (TPSA) is 41.1 Å². The molecule has 2 aromatic carbocycles. The molecule has 136 valence electrons. The number of hydrogen-bond acceptors (Lipinski definition) is 2. The zero-order valence-corrected chi connectivity index (χ0v) is 15.4. The lowest BCUT2D eigenvalue weighted by molar-refractivity contribution is -0.120. The van der Waals surface area contributed by atoms with Crippen LogP contribution >= 0.6 is 0 Å². The largest absolute Gasteiger partial charge is 0.353 e. The fraction of sp³-hybridized carbons (Fsp3) is 0.261. The average Bonchev–Trinajstić information content (AvgIpc) is 2.69. The van der Waals surface area contributed by atoms with Gasteiger partial charge in [-0.05, 0) is 23.1 Å². The van der Waals surface area contributed by atoms with E-state index in [-0.39, 0.29) is 11.9 Å². The van der Waals surface area contributed by atoms with Crippen molar-refractivity contribution in [3.8, 4) is 0 Å². The molecule has 0 aliphatic heterocycles. The predicted molar refractivity (Wildman–Crippen MR) is 110 cm³/mol. The van der Waals surface area contributed by atoms with Crippen molar-refractivity contribution in [3.05, 3.63) is 90.0 Å². The lowest BCUT2D eigenvalue weighted by Gasteiger charge is -2.20. The van der Waals surface area contributed by atoms with E-state index in [9.17, 15) is 4.79 Å². The monoisotopic (exact) mass is 348 g/mol. The van der Waals surface area contributed by atoms with E-state index < -0.39 is 0 Å². The van der Waals surface area contributed by atoms with Crippen LogP contribution in [-0.2, 0) is 11.2 Å². The molecule has 0 spiro atoms. The van der Waals surface area contributed by atoms with Gasteiger partial charge in [-0.2, -0.15) is 0 Å². The lowest BCUT2D eigenvalue weighted by Crippen LogP contribution is -2.23. The van der Waals surface area contributed by atoms with E-state index in [0.717, 1.165) is 13.0 Å². The van der Waals surface area contributed by atoms with Gasteiger partial charge in [-0.15, -0.1) is 6.58 Å². The van der Waals surface area contributed by atoms with Crippen LogP contribution < -0.4 is 10.6 Å². The predicted octanol–water partition coefficient (Wildman–Crippen LogP) is 4.29. The molecule has 2 aromatic rings. The van der Waals surface area contributed by atoms with Gasteiger partial charge in [0.15, 0.2) is 0 Å². The summed E-state index contributed by atoms with van der Waals surface area (Å²) in [6.45, 7) is 6.99. The summed E-state index contributed by atoms with van der Waals surface area (Å²) in [6, 6.07) is 19.1. The molecule has 3 heteroatoms. The third-order valence-corrected chi connectivity index (χ3v) is 4.23. The van der Waals surface area contributed by atoms with Crippen LogP contribution in [0.5, 0.6) is 0 Å². The summed E-state index contributed by atoms with van der Waals surface area (Å²) < 4.78 is 0. The summed E-state index contributed by atoms with van der Waals surface area (Å²) in [5.74, 6) is 0.0701. The molecule has 0 fully saturated rings. The molecule has 0 heterocycles. The summed E-state index contributed by atoms with van der Waals surface area (Å²) >= 11 is 0. The fourth-order valence-electron chi connectivity index (χ4n) is 2.81. The van der Waals surface area contributed by atoms with Gasteiger partial charge in [-0.1, -0.05) is 79.7 Å². The highest BCUT2D eigenvalue weighted by Crippen LogP contribution is 2.21. The Morgan fingerprint density at radius 2 is 1.81 bits per heavy atom. The molecule has 0 saturated heterocycles. The summed E-state index contributed by atoms with van der Waals surface area (Å²) in [6.07, 6.45) is 7.37. The first-order valence-corrected chi connectivity index (χ1v) is 9.15. The summed E-state index contributed by atoms with van der Waals surface area (Å²) in [4.78, 5) is 11.3. The van der Waals surface area contributed by atoms with E-state index in [4.69, 9.17) is 0 Å². The first kappa shape index (κ1) is 19.7. The highest BCUT2D eigenvalue weighted by Gasteiger charge is 2.12. The second kappa shape index (κ2) is 11.1. The van der Waals surface area contributed by atoms with Crippen molar-refractivity contribution in [3.63, 3.8) is 0 Å². The second-order valence-corrected chi connectivity index (χ2v) is 6.12. The van der Waals surface area contributed by atoms with Gasteiger partial charge in [0.1, 0.15) is 0 Å². The first-order valence-electron chi connectivity index (χ1n) is 9.15. The summed E-state index contributed by atoms with van der Waals surface area (Å²) in [5, 5.41) is 6.42. The zero-order chi connectivity index (χ0) is 18.6. The third-order valence-electron chi connectivity index (χ3n) is 4.23. The Hall–Kier alpha value is -2.65. The van der Waals surface area contributed by atoms with E-state index >= 15 is 0 Å². The maximum absolute atomic E-state index is 11.3. The van der Waals surface area contributed by atoms with Crippen LogP contribution in [0, 0.1) is 0 Å². The minimum absolute atomic E-state index is 0.0701. The van der Waals surface area contributed by atoms with Crippen molar-refractivity contribution >= 4 is 12.0 Å². The summed E-state index contributed by atoms with van der Waals surface area (Å²) in [7, 11) is 0. The van der Waals surface area contributed by atoms with E-state index in [2.05, 4.69) is 65.8 Å². The standard InChI is InChI=1S/C23H28N2O/c1-3-16-24-22(20-12-6-5-7-13-20)18-21-14-9-8-11-19(21)15-10-17-25-23(26)4-2/h3,5-15,22,24H,1,4,16-18H2,2H3,(H,25,26). The molecular weight excluding hydrogens is 320 g/mol. The summed E-state index contributed by atoms with van der Waals surface area (Å²) in [5.41, 5.74) is 3.72. The van der Waals surface area contributed by atoms with E-state index in [0.29, 0.717) is 13.0 Å². The minimum Gasteiger partial charge on any atom is -0.353 e. The SMILES string of the molecule is C=CCNC(Cc1ccccc1C=CCNC(=O)CC)c1ccccc1. The smallest absolute Gasteiger partial charge is 0.219 e. The first-order chi connectivity index (χ1) is 12.7. The molecule has 0 saturated carbocycles. The molecule has 0 aliphatic rings. The van der Waals surface area contributed by atoms with Crippen molar-refractivity contribution in [2.75, 3.05) is 13.1 Å². The normalized spacial score (nSPS) is 12.0. The minimum atomic E-state index is 0.0701. The second-order valence-electron chi connectivity index (χ2n) is 6.12. The number of benzene rings is 2. The van der Waals surface area contributed by atoms with Gasteiger partial charge in [-0.3, -0.25) is 4.79 Å². The van der Waals surface area contributed by atoms with Crippen LogP contribution in [0.3, 0.4) is 0 Å². The molecule has 0 aliphatic carbocycles. The molecule has 1 unspecified atom stereocenters. The number of carbonyl (C=O) groups is 1. The molecule has 0 bridgehead atoms. The van der Waals surface area contributed by atoms with E-state index in [1.807, 2.05) is 31.2 Å². The van der Waals surface area contributed by atoms with Gasteiger partial charge in [-0.25, -0.2) is 0 Å².